The first-order valence-electron chi connectivity index (χ1n) is 6.43. The number of hydrogen-bond acceptors (Lipinski definition) is 5. The van der Waals surface area contributed by atoms with E-state index in [4.69, 9.17) is 10.5 Å². The molecule has 1 heterocycles. The number of sulfonamides is 1. The van der Waals surface area contributed by atoms with E-state index in [-0.39, 0.29) is 11.6 Å². The van der Waals surface area contributed by atoms with Gasteiger partial charge in [-0.25, -0.2) is 4.98 Å². The highest BCUT2D eigenvalue weighted by Gasteiger charge is 2.17. The van der Waals surface area contributed by atoms with E-state index in [9.17, 15) is 8.42 Å². The molecule has 114 valence electrons. The molecule has 0 saturated heterocycles. The normalized spacial score (nSPS) is 11.4. The number of nitrogens with zero attached hydrogens (tertiary/aromatic N) is 2. The number of aromatic nitrogens is 2. The van der Waals surface area contributed by atoms with Crippen molar-refractivity contribution < 1.29 is 13.2 Å². The Labute approximate surface area is 123 Å². The Morgan fingerprint density at radius 1 is 1.43 bits per heavy atom. The number of nitrogens with one attached hydrogen (secondary N) is 1. The molecule has 1 aromatic carbocycles. The largest absolute Gasteiger partial charge is 0.494 e. The predicted molar refractivity (Wildman–Crippen MR) is 79.5 cm³/mol. The average Bonchev–Trinajstić information content (AvgIpc) is 2.88. The maximum atomic E-state index is 12.2. The van der Waals surface area contributed by atoms with E-state index in [0.717, 1.165) is 5.56 Å². The van der Waals surface area contributed by atoms with Crippen LogP contribution in [0.15, 0.2) is 35.7 Å². The van der Waals surface area contributed by atoms with Gasteiger partial charge < -0.3 is 15.0 Å². The Morgan fingerprint density at radius 3 is 2.76 bits per heavy atom. The SMILES string of the molecule is CCOc1ccc(NS(=O)(=O)c2cn(C)cn2)cc1CN. The molecule has 0 aliphatic heterocycles. The molecule has 7 nitrogen and oxygen atoms in total. The van der Waals surface area contributed by atoms with Gasteiger partial charge in [-0.2, -0.15) is 8.42 Å². The number of benzene rings is 1. The molecule has 0 bridgehead atoms. The maximum absolute atomic E-state index is 12.2. The summed E-state index contributed by atoms with van der Waals surface area (Å²) < 4.78 is 33.8. The first-order chi connectivity index (χ1) is 9.96. The highest BCUT2D eigenvalue weighted by molar-refractivity contribution is 7.92. The first-order valence-corrected chi connectivity index (χ1v) is 7.91. The van der Waals surface area contributed by atoms with Crippen molar-refractivity contribution in [2.75, 3.05) is 11.3 Å². The second-order valence-corrected chi connectivity index (χ2v) is 6.07. The molecule has 0 saturated carbocycles. The highest BCUT2D eigenvalue weighted by Crippen LogP contribution is 2.24. The van der Waals surface area contributed by atoms with Gasteiger partial charge in [0, 0.05) is 31.0 Å². The lowest BCUT2D eigenvalue weighted by Gasteiger charge is -2.12. The number of aryl methyl sites for hydroxylation is 1. The molecule has 1 aromatic heterocycles. The summed E-state index contributed by atoms with van der Waals surface area (Å²) in [5, 5.41) is -0.0341. The van der Waals surface area contributed by atoms with E-state index in [1.807, 2.05) is 6.92 Å². The quantitative estimate of drug-likeness (QED) is 0.831. The van der Waals surface area contributed by atoms with Crippen molar-refractivity contribution in [3.8, 4) is 5.75 Å². The smallest absolute Gasteiger partial charge is 0.280 e. The van der Waals surface area contributed by atoms with Crippen LogP contribution in [0.3, 0.4) is 0 Å². The van der Waals surface area contributed by atoms with Gasteiger partial charge in [-0.3, -0.25) is 4.72 Å². The molecule has 3 N–H and O–H groups in total. The summed E-state index contributed by atoms with van der Waals surface area (Å²) in [7, 11) is -2.00. The molecule has 8 heteroatoms. The van der Waals surface area contributed by atoms with Gasteiger partial charge in [0.15, 0.2) is 5.03 Å². The van der Waals surface area contributed by atoms with Crippen LogP contribution in [-0.4, -0.2) is 24.6 Å². The number of imidazole rings is 1. The summed E-state index contributed by atoms with van der Waals surface area (Å²) in [5.74, 6) is 0.654. The predicted octanol–water partition coefficient (Wildman–Crippen LogP) is 1.08. The molecular formula is C13H18N4O3S. The van der Waals surface area contributed by atoms with Crippen molar-refractivity contribution >= 4 is 15.7 Å². The fourth-order valence-corrected chi connectivity index (χ4v) is 2.87. The Morgan fingerprint density at radius 2 is 2.19 bits per heavy atom. The number of hydrogen-bond donors (Lipinski definition) is 2. The Bertz CT molecular complexity index is 725. The molecule has 0 unspecified atom stereocenters. The summed E-state index contributed by atoms with van der Waals surface area (Å²) in [6.45, 7) is 2.65. The third kappa shape index (κ3) is 3.53. The molecule has 0 aliphatic carbocycles. The van der Waals surface area contributed by atoms with Crippen molar-refractivity contribution in [3.05, 3.63) is 36.3 Å². The molecule has 0 amide bonds. The fraction of sp³-hybridized carbons (Fsp3) is 0.308. The Hall–Kier alpha value is -2.06. The molecule has 0 radical (unpaired) electrons. The van der Waals surface area contributed by atoms with Crippen molar-refractivity contribution in [1.29, 1.82) is 0 Å². The summed E-state index contributed by atoms with van der Waals surface area (Å²) >= 11 is 0. The van der Waals surface area contributed by atoms with Gasteiger partial charge in [0.1, 0.15) is 5.75 Å². The van der Waals surface area contributed by atoms with Crippen molar-refractivity contribution in [2.45, 2.75) is 18.5 Å². The molecule has 0 fully saturated rings. The van der Waals surface area contributed by atoms with Gasteiger partial charge in [-0.1, -0.05) is 0 Å². The summed E-state index contributed by atoms with van der Waals surface area (Å²) in [4.78, 5) is 3.84. The van der Waals surface area contributed by atoms with Crippen LogP contribution in [0.5, 0.6) is 5.75 Å². The van der Waals surface area contributed by atoms with Gasteiger partial charge in [0.05, 0.1) is 12.9 Å². The third-order valence-electron chi connectivity index (χ3n) is 2.79. The van der Waals surface area contributed by atoms with Crippen LogP contribution in [0, 0.1) is 0 Å². The fourth-order valence-electron chi connectivity index (χ4n) is 1.83. The standard InChI is InChI=1S/C13H18N4O3S/c1-3-20-12-5-4-11(6-10(12)7-14)16-21(18,19)13-8-17(2)9-15-13/h4-6,8-9,16H,3,7,14H2,1-2H3. The van der Waals surface area contributed by atoms with Crippen molar-refractivity contribution in [1.82, 2.24) is 9.55 Å². The number of nitrogens with two attached hydrogens (primary N) is 1. The summed E-state index contributed by atoms with van der Waals surface area (Å²) in [6.07, 6.45) is 2.86. The van der Waals surface area contributed by atoms with Crippen molar-refractivity contribution in [3.63, 3.8) is 0 Å². The molecule has 0 spiro atoms. The highest BCUT2D eigenvalue weighted by atomic mass is 32.2. The minimum Gasteiger partial charge on any atom is -0.494 e. The molecule has 21 heavy (non-hydrogen) atoms. The monoisotopic (exact) mass is 310 g/mol. The Balaban J connectivity index is 2.27. The minimum atomic E-state index is -3.71. The lowest BCUT2D eigenvalue weighted by Crippen LogP contribution is -2.14. The second-order valence-electron chi connectivity index (χ2n) is 4.44. The van der Waals surface area contributed by atoms with Crippen LogP contribution < -0.4 is 15.2 Å². The molecule has 0 aliphatic rings. The topological polar surface area (TPSA) is 99.2 Å². The van der Waals surface area contributed by atoms with E-state index in [1.165, 1.54) is 12.5 Å². The second kappa shape index (κ2) is 6.15. The van der Waals surface area contributed by atoms with Crippen LogP contribution in [0.1, 0.15) is 12.5 Å². The van der Waals surface area contributed by atoms with Crippen LogP contribution in [0.4, 0.5) is 5.69 Å². The number of ether oxygens (including phenoxy) is 1. The van der Waals surface area contributed by atoms with Gasteiger partial charge in [0.2, 0.25) is 0 Å². The van der Waals surface area contributed by atoms with Crippen molar-refractivity contribution in [2.24, 2.45) is 12.8 Å². The zero-order valence-corrected chi connectivity index (χ0v) is 12.7. The first kappa shape index (κ1) is 15.3. The van der Waals surface area contributed by atoms with E-state index < -0.39 is 10.0 Å². The van der Waals surface area contributed by atoms with Gasteiger partial charge >= 0.3 is 0 Å². The summed E-state index contributed by atoms with van der Waals surface area (Å²) in [5.41, 5.74) is 6.81. The maximum Gasteiger partial charge on any atom is 0.280 e. The van der Waals surface area contributed by atoms with Crippen LogP contribution in [0.25, 0.3) is 0 Å². The summed E-state index contributed by atoms with van der Waals surface area (Å²) in [6, 6.07) is 4.98. The van der Waals surface area contributed by atoms with E-state index in [1.54, 1.807) is 29.8 Å². The van der Waals surface area contributed by atoms with Crippen LogP contribution >= 0.6 is 0 Å². The van der Waals surface area contributed by atoms with Gasteiger partial charge in [-0.05, 0) is 25.1 Å². The minimum absolute atomic E-state index is 0.0341. The molecule has 2 aromatic rings. The molecular weight excluding hydrogens is 292 g/mol. The number of rotatable bonds is 6. The zero-order valence-electron chi connectivity index (χ0n) is 11.9. The number of anilines is 1. The van der Waals surface area contributed by atoms with Gasteiger partial charge in [0.25, 0.3) is 10.0 Å². The Kier molecular flexibility index (Phi) is 4.49. The van der Waals surface area contributed by atoms with Gasteiger partial charge in [-0.15, -0.1) is 0 Å². The zero-order chi connectivity index (χ0) is 15.5. The lowest BCUT2D eigenvalue weighted by atomic mass is 10.2. The van der Waals surface area contributed by atoms with Crippen LogP contribution in [0.2, 0.25) is 0 Å². The average molecular weight is 310 g/mol. The van der Waals surface area contributed by atoms with E-state index in [0.29, 0.717) is 18.0 Å². The molecule has 2 rings (SSSR count). The van der Waals surface area contributed by atoms with E-state index in [2.05, 4.69) is 9.71 Å². The van der Waals surface area contributed by atoms with Crippen LogP contribution in [-0.2, 0) is 23.6 Å². The third-order valence-corrected chi connectivity index (χ3v) is 4.05. The molecule has 0 atom stereocenters. The van der Waals surface area contributed by atoms with E-state index >= 15 is 0 Å². The lowest BCUT2D eigenvalue weighted by molar-refractivity contribution is 0.336.